The van der Waals surface area contributed by atoms with E-state index in [1.165, 1.54) is 4.88 Å². The van der Waals surface area contributed by atoms with Gasteiger partial charge in [-0.2, -0.15) is 0 Å². The van der Waals surface area contributed by atoms with Gasteiger partial charge in [0.05, 0.1) is 19.4 Å². The second kappa shape index (κ2) is 8.55. The SMILES string of the molecule is O=C(CN1CCCC1c1cccs1)N(Cc1ccccc1)Cc1ccco1. The third-order valence-corrected chi connectivity index (χ3v) is 6.04. The zero-order valence-electron chi connectivity index (χ0n) is 15.3. The molecule has 1 amide bonds. The number of hydrogen-bond donors (Lipinski definition) is 0. The molecular formula is C22H24N2O2S. The number of benzene rings is 1. The van der Waals surface area contributed by atoms with Crippen molar-refractivity contribution in [2.24, 2.45) is 0 Å². The molecule has 5 heteroatoms. The summed E-state index contributed by atoms with van der Waals surface area (Å²) in [6.45, 7) is 2.53. The van der Waals surface area contributed by atoms with E-state index >= 15 is 0 Å². The van der Waals surface area contributed by atoms with E-state index < -0.39 is 0 Å². The zero-order valence-corrected chi connectivity index (χ0v) is 16.1. The molecule has 0 radical (unpaired) electrons. The summed E-state index contributed by atoms with van der Waals surface area (Å²) in [5, 5.41) is 2.12. The van der Waals surface area contributed by atoms with E-state index in [1.54, 1.807) is 17.6 Å². The molecule has 4 rings (SSSR count). The third kappa shape index (κ3) is 4.49. The summed E-state index contributed by atoms with van der Waals surface area (Å²) in [7, 11) is 0. The summed E-state index contributed by atoms with van der Waals surface area (Å²) >= 11 is 1.78. The van der Waals surface area contributed by atoms with Gasteiger partial charge in [-0.3, -0.25) is 9.69 Å². The van der Waals surface area contributed by atoms with Crippen molar-refractivity contribution in [3.05, 3.63) is 82.4 Å². The maximum atomic E-state index is 13.2. The molecule has 1 aliphatic heterocycles. The molecule has 0 bridgehead atoms. The second-order valence-corrected chi connectivity index (χ2v) is 7.94. The minimum atomic E-state index is 0.152. The molecule has 1 unspecified atom stereocenters. The number of thiophene rings is 1. The van der Waals surface area contributed by atoms with Gasteiger partial charge in [-0.1, -0.05) is 36.4 Å². The predicted molar refractivity (Wildman–Crippen MR) is 107 cm³/mol. The van der Waals surface area contributed by atoms with Crippen molar-refractivity contribution in [2.75, 3.05) is 13.1 Å². The van der Waals surface area contributed by atoms with Gasteiger partial charge in [0.15, 0.2) is 0 Å². The maximum Gasteiger partial charge on any atom is 0.237 e. The Bertz CT molecular complexity index is 831. The first-order chi connectivity index (χ1) is 13.3. The predicted octanol–water partition coefficient (Wildman–Crippen LogP) is 4.71. The highest BCUT2D eigenvalue weighted by Gasteiger charge is 2.29. The lowest BCUT2D eigenvalue weighted by atomic mass is 10.2. The summed E-state index contributed by atoms with van der Waals surface area (Å²) in [5.74, 6) is 0.967. The van der Waals surface area contributed by atoms with E-state index in [-0.39, 0.29) is 5.91 Å². The van der Waals surface area contributed by atoms with E-state index in [4.69, 9.17) is 4.42 Å². The van der Waals surface area contributed by atoms with Gasteiger partial charge in [-0.05, 0) is 48.5 Å². The average Bonchev–Trinajstić information content (AvgIpc) is 3.44. The molecule has 1 aromatic carbocycles. The zero-order chi connectivity index (χ0) is 18.5. The van der Waals surface area contributed by atoms with Crippen LogP contribution in [-0.4, -0.2) is 28.8 Å². The van der Waals surface area contributed by atoms with Gasteiger partial charge in [0, 0.05) is 17.5 Å². The summed E-state index contributed by atoms with van der Waals surface area (Å²) < 4.78 is 5.50. The lowest BCUT2D eigenvalue weighted by Crippen LogP contribution is -2.39. The summed E-state index contributed by atoms with van der Waals surface area (Å²) in [6.07, 6.45) is 3.94. The van der Waals surface area contributed by atoms with Gasteiger partial charge >= 0.3 is 0 Å². The molecule has 3 heterocycles. The Balaban J connectivity index is 1.47. The van der Waals surface area contributed by atoms with Crippen LogP contribution >= 0.6 is 11.3 Å². The Morgan fingerprint density at radius 1 is 1.11 bits per heavy atom. The van der Waals surface area contributed by atoms with Crippen LogP contribution in [0.2, 0.25) is 0 Å². The Morgan fingerprint density at radius 2 is 2.00 bits per heavy atom. The molecule has 0 N–H and O–H groups in total. The van der Waals surface area contributed by atoms with Crippen molar-refractivity contribution in [1.82, 2.24) is 9.80 Å². The molecule has 1 aliphatic rings. The Hall–Kier alpha value is -2.37. The number of nitrogens with zero attached hydrogens (tertiary/aromatic N) is 2. The molecule has 0 aliphatic carbocycles. The van der Waals surface area contributed by atoms with Crippen LogP contribution in [0, 0.1) is 0 Å². The summed E-state index contributed by atoms with van der Waals surface area (Å²) in [5.41, 5.74) is 1.13. The van der Waals surface area contributed by atoms with Crippen LogP contribution in [0.5, 0.6) is 0 Å². The van der Waals surface area contributed by atoms with E-state index in [2.05, 4.69) is 34.5 Å². The topological polar surface area (TPSA) is 36.7 Å². The van der Waals surface area contributed by atoms with Crippen LogP contribution in [0.1, 0.15) is 35.1 Å². The third-order valence-electron chi connectivity index (χ3n) is 5.07. The molecule has 1 fully saturated rings. The Labute approximate surface area is 164 Å². The molecular weight excluding hydrogens is 356 g/mol. The van der Waals surface area contributed by atoms with Crippen molar-refractivity contribution in [2.45, 2.75) is 32.0 Å². The van der Waals surface area contributed by atoms with E-state index in [0.717, 1.165) is 30.7 Å². The fraction of sp³-hybridized carbons (Fsp3) is 0.318. The van der Waals surface area contributed by atoms with Gasteiger partial charge in [0.2, 0.25) is 5.91 Å². The molecule has 0 saturated carbocycles. The van der Waals surface area contributed by atoms with Crippen molar-refractivity contribution in [3.8, 4) is 0 Å². The first kappa shape index (κ1) is 18.0. The van der Waals surface area contributed by atoms with Crippen molar-refractivity contribution in [1.29, 1.82) is 0 Å². The van der Waals surface area contributed by atoms with Crippen molar-refractivity contribution >= 4 is 17.2 Å². The fourth-order valence-electron chi connectivity index (χ4n) is 3.72. The minimum absolute atomic E-state index is 0.152. The number of rotatable bonds is 7. The fourth-order valence-corrected chi connectivity index (χ4v) is 4.61. The number of carbonyl (C=O) groups is 1. The lowest BCUT2D eigenvalue weighted by Gasteiger charge is -2.28. The van der Waals surface area contributed by atoms with Crippen LogP contribution in [0.3, 0.4) is 0 Å². The van der Waals surface area contributed by atoms with Gasteiger partial charge in [-0.25, -0.2) is 0 Å². The van der Waals surface area contributed by atoms with Gasteiger partial charge in [0.1, 0.15) is 5.76 Å². The first-order valence-corrected chi connectivity index (χ1v) is 10.3. The molecule has 0 spiro atoms. The molecule has 3 aromatic rings. The summed E-state index contributed by atoms with van der Waals surface area (Å²) in [6, 6.07) is 18.6. The quantitative estimate of drug-likeness (QED) is 0.596. The number of amides is 1. The number of hydrogen-bond acceptors (Lipinski definition) is 4. The molecule has 1 saturated heterocycles. The standard InChI is InChI=1S/C22H24N2O2S/c25-22(17-23-12-4-10-20(23)21-11-6-14-27-21)24(16-19-9-5-13-26-19)15-18-7-2-1-3-8-18/h1-3,5-9,11,13-14,20H,4,10,12,15-17H2. The average molecular weight is 381 g/mol. The van der Waals surface area contributed by atoms with Crippen LogP contribution in [0.25, 0.3) is 0 Å². The van der Waals surface area contributed by atoms with E-state index in [9.17, 15) is 4.79 Å². The van der Waals surface area contributed by atoms with E-state index in [1.807, 2.05) is 35.2 Å². The Kier molecular flexibility index (Phi) is 5.70. The molecule has 1 atom stereocenters. The second-order valence-electron chi connectivity index (χ2n) is 6.96. The lowest BCUT2D eigenvalue weighted by molar-refractivity contribution is -0.134. The van der Waals surface area contributed by atoms with E-state index in [0.29, 0.717) is 25.7 Å². The molecule has 4 nitrogen and oxygen atoms in total. The maximum absolute atomic E-state index is 13.2. The monoisotopic (exact) mass is 380 g/mol. The molecule has 2 aromatic heterocycles. The number of likely N-dealkylation sites (tertiary alicyclic amines) is 1. The van der Waals surface area contributed by atoms with Crippen LogP contribution < -0.4 is 0 Å². The highest BCUT2D eigenvalue weighted by atomic mass is 32.1. The van der Waals surface area contributed by atoms with Crippen LogP contribution in [0.4, 0.5) is 0 Å². The molecule has 140 valence electrons. The summed E-state index contributed by atoms with van der Waals surface area (Å²) in [4.78, 5) is 18.8. The first-order valence-electron chi connectivity index (χ1n) is 9.41. The highest BCUT2D eigenvalue weighted by molar-refractivity contribution is 7.10. The van der Waals surface area contributed by atoms with Crippen molar-refractivity contribution in [3.63, 3.8) is 0 Å². The van der Waals surface area contributed by atoms with Crippen molar-refractivity contribution < 1.29 is 9.21 Å². The van der Waals surface area contributed by atoms with Gasteiger partial charge < -0.3 is 9.32 Å². The van der Waals surface area contributed by atoms with Crippen LogP contribution in [0.15, 0.2) is 70.7 Å². The largest absolute Gasteiger partial charge is 0.467 e. The Morgan fingerprint density at radius 3 is 2.74 bits per heavy atom. The number of furan rings is 1. The van der Waals surface area contributed by atoms with Crippen LogP contribution in [-0.2, 0) is 17.9 Å². The minimum Gasteiger partial charge on any atom is -0.467 e. The van der Waals surface area contributed by atoms with Gasteiger partial charge in [0.25, 0.3) is 0 Å². The van der Waals surface area contributed by atoms with Gasteiger partial charge in [-0.15, -0.1) is 11.3 Å². The molecule has 27 heavy (non-hydrogen) atoms. The number of carbonyl (C=O) groups excluding carboxylic acids is 1. The normalized spacial score (nSPS) is 17.3. The highest BCUT2D eigenvalue weighted by Crippen LogP contribution is 2.34. The smallest absolute Gasteiger partial charge is 0.237 e.